The van der Waals surface area contributed by atoms with Gasteiger partial charge in [0.25, 0.3) is 5.91 Å². The fourth-order valence-electron chi connectivity index (χ4n) is 3.16. The van der Waals surface area contributed by atoms with Crippen molar-refractivity contribution in [3.05, 3.63) is 24.0 Å². The molecule has 1 aliphatic carbocycles. The van der Waals surface area contributed by atoms with Crippen molar-refractivity contribution in [2.45, 2.75) is 38.1 Å². The fourth-order valence-corrected chi connectivity index (χ4v) is 3.16. The molecule has 2 aliphatic rings. The summed E-state index contributed by atoms with van der Waals surface area (Å²) in [7, 11) is 0. The summed E-state index contributed by atoms with van der Waals surface area (Å²) in [6, 6.07) is 4.51. The zero-order chi connectivity index (χ0) is 13.2. The Balaban J connectivity index is 1.74. The monoisotopic (exact) mass is 261 g/mol. The third-order valence-electron chi connectivity index (χ3n) is 4.61. The lowest BCUT2D eigenvalue weighted by Gasteiger charge is -2.34. The Labute approximate surface area is 114 Å². The van der Waals surface area contributed by atoms with Crippen molar-refractivity contribution in [1.82, 2.24) is 9.47 Å². The summed E-state index contributed by atoms with van der Waals surface area (Å²) in [6.45, 7) is 2.39. The lowest BCUT2D eigenvalue weighted by Crippen LogP contribution is -2.43. The number of hydrogen-bond donors (Lipinski definition) is 1. The van der Waals surface area contributed by atoms with Gasteiger partial charge in [0.1, 0.15) is 5.69 Å². The van der Waals surface area contributed by atoms with Crippen LogP contribution in [-0.4, -0.2) is 35.0 Å². The molecule has 1 amide bonds. The van der Waals surface area contributed by atoms with Crippen molar-refractivity contribution >= 4 is 5.91 Å². The first-order valence-electron chi connectivity index (χ1n) is 7.46. The average molecular weight is 261 g/mol. The molecular weight excluding hydrogens is 238 g/mol. The van der Waals surface area contributed by atoms with Gasteiger partial charge in [0, 0.05) is 25.3 Å². The van der Waals surface area contributed by atoms with E-state index >= 15 is 0 Å². The first-order valence-corrected chi connectivity index (χ1v) is 7.46. The first kappa shape index (κ1) is 12.7. The molecule has 4 heteroatoms. The van der Waals surface area contributed by atoms with Gasteiger partial charge in [-0.1, -0.05) is 0 Å². The molecule has 1 aromatic rings. The van der Waals surface area contributed by atoms with Crippen LogP contribution in [0.3, 0.4) is 0 Å². The fraction of sp³-hybridized carbons (Fsp3) is 0.667. The molecule has 0 aromatic carbocycles. The van der Waals surface area contributed by atoms with Crippen LogP contribution in [-0.2, 0) is 0 Å². The topological polar surface area (TPSA) is 51.3 Å². The molecule has 2 N–H and O–H groups in total. The van der Waals surface area contributed by atoms with Crippen LogP contribution in [0, 0.1) is 5.92 Å². The standard InChI is InChI=1S/C15H23N3O/c16-10-12-4-2-8-17(11-12)15(19)14-7-3-9-18(14)13-5-1-6-13/h3,7,9,12-13H,1-2,4-6,8,10-11,16H2. The van der Waals surface area contributed by atoms with Crippen molar-refractivity contribution in [2.75, 3.05) is 19.6 Å². The van der Waals surface area contributed by atoms with Crippen molar-refractivity contribution in [3.8, 4) is 0 Å². The number of rotatable bonds is 3. The minimum absolute atomic E-state index is 0.190. The van der Waals surface area contributed by atoms with Crippen LogP contribution in [0.2, 0.25) is 0 Å². The number of aromatic nitrogens is 1. The Morgan fingerprint density at radius 1 is 1.32 bits per heavy atom. The Kier molecular flexibility index (Phi) is 3.60. The maximum atomic E-state index is 12.7. The van der Waals surface area contributed by atoms with Gasteiger partial charge >= 0.3 is 0 Å². The zero-order valence-electron chi connectivity index (χ0n) is 11.4. The summed E-state index contributed by atoms with van der Waals surface area (Å²) < 4.78 is 2.18. The summed E-state index contributed by atoms with van der Waals surface area (Å²) in [4.78, 5) is 14.6. The molecule has 1 atom stereocenters. The smallest absolute Gasteiger partial charge is 0.270 e. The Bertz CT molecular complexity index is 450. The maximum Gasteiger partial charge on any atom is 0.270 e. The predicted octanol–water partition coefficient (Wildman–Crippen LogP) is 2.02. The van der Waals surface area contributed by atoms with E-state index in [0.717, 1.165) is 31.6 Å². The Hall–Kier alpha value is -1.29. The molecule has 4 nitrogen and oxygen atoms in total. The van der Waals surface area contributed by atoms with Gasteiger partial charge < -0.3 is 15.2 Å². The highest BCUT2D eigenvalue weighted by Crippen LogP contribution is 2.33. The molecule has 0 radical (unpaired) electrons. The Morgan fingerprint density at radius 2 is 2.16 bits per heavy atom. The van der Waals surface area contributed by atoms with E-state index in [1.54, 1.807) is 0 Å². The van der Waals surface area contributed by atoms with E-state index in [9.17, 15) is 4.79 Å². The highest BCUT2D eigenvalue weighted by molar-refractivity contribution is 5.93. The highest BCUT2D eigenvalue weighted by atomic mass is 16.2. The molecule has 3 rings (SSSR count). The van der Waals surface area contributed by atoms with Crippen LogP contribution < -0.4 is 5.73 Å². The number of amides is 1. The van der Waals surface area contributed by atoms with E-state index < -0.39 is 0 Å². The average Bonchev–Trinajstić information content (AvgIpc) is 2.85. The molecule has 1 unspecified atom stereocenters. The normalized spacial score (nSPS) is 24.3. The largest absolute Gasteiger partial charge is 0.340 e. The van der Waals surface area contributed by atoms with E-state index in [0.29, 0.717) is 18.5 Å². The predicted molar refractivity (Wildman–Crippen MR) is 75.0 cm³/mol. The molecule has 0 bridgehead atoms. The van der Waals surface area contributed by atoms with E-state index in [1.165, 1.54) is 19.3 Å². The van der Waals surface area contributed by atoms with Crippen LogP contribution in [0.5, 0.6) is 0 Å². The summed E-state index contributed by atoms with van der Waals surface area (Å²) in [5, 5.41) is 0. The van der Waals surface area contributed by atoms with Crippen molar-refractivity contribution in [3.63, 3.8) is 0 Å². The molecule has 104 valence electrons. The number of piperidine rings is 1. The van der Waals surface area contributed by atoms with Crippen LogP contribution in [0.25, 0.3) is 0 Å². The van der Waals surface area contributed by atoms with Gasteiger partial charge in [0.2, 0.25) is 0 Å². The third-order valence-corrected chi connectivity index (χ3v) is 4.61. The summed E-state index contributed by atoms with van der Waals surface area (Å²) in [5.41, 5.74) is 6.61. The maximum absolute atomic E-state index is 12.7. The van der Waals surface area contributed by atoms with Gasteiger partial charge in [0.05, 0.1) is 0 Å². The van der Waals surface area contributed by atoms with Gasteiger partial charge in [-0.15, -0.1) is 0 Å². The van der Waals surface area contributed by atoms with Gasteiger partial charge in [-0.25, -0.2) is 0 Å². The van der Waals surface area contributed by atoms with Gasteiger partial charge in [0.15, 0.2) is 0 Å². The number of carbonyl (C=O) groups excluding carboxylic acids is 1. The SMILES string of the molecule is NCC1CCCN(C(=O)c2cccn2C2CCC2)C1. The molecular formula is C15H23N3O. The quantitative estimate of drug-likeness (QED) is 0.905. The lowest BCUT2D eigenvalue weighted by molar-refractivity contribution is 0.0661. The molecule has 19 heavy (non-hydrogen) atoms. The summed E-state index contributed by atoms with van der Waals surface area (Å²) >= 11 is 0. The second kappa shape index (κ2) is 5.37. The molecule has 2 fully saturated rings. The van der Waals surface area contributed by atoms with Crippen molar-refractivity contribution in [1.29, 1.82) is 0 Å². The minimum Gasteiger partial charge on any atom is -0.340 e. The molecule has 2 heterocycles. The summed E-state index contributed by atoms with van der Waals surface area (Å²) in [6.07, 6.45) is 8.00. The molecule has 0 spiro atoms. The van der Waals surface area contributed by atoms with Crippen LogP contribution in [0.4, 0.5) is 0 Å². The molecule has 1 saturated heterocycles. The van der Waals surface area contributed by atoms with E-state index in [4.69, 9.17) is 5.73 Å². The second-order valence-electron chi connectivity index (χ2n) is 5.88. The number of likely N-dealkylation sites (tertiary alicyclic amines) is 1. The number of nitrogens with two attached hydrogens (primary N) is 1. The lowest BCUT2D eigenvalue weighted by atomic mass is 9.92. The number of nitrogens with zero attached hydrogens (tertiary/aromatic N) is 2. The summed E-state index contributed by atoms with van der Waals surface area (Å²) in [5.74, 6) is 0.667. The van der Waals surface area contributed by atoms with Crippen molar-refractivity contribution in [2.24, 2.45) is 11.7 Å². The Morgan fingerprint density at radius 3 is 2.84 bits per heavy atom. The van der Waals surface area contributed by atoms with Gasteiger partial charge in [-0.3, -0.25) is 4.79 Å². The molecule has 1 aliphatic heterocycles. The minimum atomic E-state index is 0.190. The van der Waals surface area contributed by atoms with Gasteiger partial charge in [-0.2, -0.15) is 0 Å². The zero-order valence-corrected chi connectivity index (χ0v) is 11.4. The van der Waals surface area contributed by atoms with E-state index in [-0.39, 0.29) is 5.91 Å². The molecule has 1 aromatic heterocycles. The van der Waals surface area contributed by atoms with Crippen molar-refractivity contribution < 1.29 is 4.79 Å². The van der Waals surface area contributed by atoms with Gasteiger partial charge in [-0.05, 0) is 56.7 Å². The third kappa shape index (κ3) is 2.41. The number of hydrogen-bond acceptors (Lipinski definition) is 2. The van der Waals surface area contributed by atoms with Crippen LogP contribution in [0.15, 0.2) is 18.3 Å². The van der Waals surface area contributed by atoms with E-state index in [1.807, 2.05) is 17.0 Å². The highest BCUT2D eigenvalue weighted by Gasteiger charge is 2.28. The van der Waals surface area contributed by atoms with Crippen LogP contribution in [0.1, 0.15) is 48.6 Å². The number of carbonyl (C=O) groups is 1. The second-order valence-corrected chi connectivity index (χ2v) is 5.88. The molecule has 1 saturated carbocycles. The van der Waals surface area contributed by atoms with E-state index in [2.05, 4.69) is 10.8 Å². The van der Waals surface area contributed by atoms with Crippen LogP contribution >= 0.6 is 0 Å². The first-order chi connectivity index (χ1) is 9.29.